The van der Waals surface area contributed by atoms with Crippen molar-refractivity contribution in [3.8, 4) is 5.75 Å². The summed E-state index contributed by atoms with van der Waals surface area (Å²) in [5, 5.41) is 0. The average molecular weight is 342 g/mol. The topological polar surface area (TPSA) is 27.7 Å². The first kappa shape index (κ1) is 19.5. The van der Waals surface area contributed by atoms with E-state index in [-0.39, 0.29) is 6.10 Å². The van der Waals surface area contributed by atoms with Gasteiger partial charge in [0, 0.05) is 6.61 Å². The maximum atomic E-state index is 6.17. The number of methoxy groups -OCH3 is 1. The Morgan fingerprint density at radius 1 is 0.880 bits per heavy atom. The second kappa shape index (κ2) is 10.9. The van der Waals surface area contributed by atoms with Crippen LogP contribution in [0.3, 0.4) is 0 Å². The first-order valence-corrected chi connectivity index (χ1v) is 9.09. The van der Waals surface area contributed by atoms with Crippen LogP contribution in [0.5, 0.6) is 5.75 Å². The van der Waals surface area contributed by atoms with Crippen LogP contribution in [0.1, 0.15) is 37.8 Å². The average Bonchev–Trinajstić information content (AvgIpc) is 2.68. The van der Waals surface area contributed by atoms with Gasteiger partial charge in [0.15, 0.2) is 0 Å². The number of hydrogen-bond acceptors (Lipinski definition) is 3. The fraction of sp³-hybridized carbons (Fsp3) is 0.455. The Bertz CT molecular complexity index is 580. The Balaban J connectivity index is 1.75. The molecule has 2 aromatic carbocycles. The molecule has 3 heteroatoms. The second-order valence-electron chi connectivity index (χ2n) is 6.41. The third-order valence-electron chi connectivity index (χ3n) is 4.56. The van der Waals surface area contributed by atoms with Crippen LogP contribution < -0.4 is 4.74 Å². The van der Waals surface area contributed by atoms with E-state index in [1.807, 2.05) is 30.3 Å². The van der Waals surface area contributed by atoms with Crippen LogP contribution in [-0.2, 0) is 22.7 Å². The number of hydrogen-bond donors (Lipinski definition) is 0. The van der Waals surface area contributed by atoms with E-state index < -0.39 is 0 Å². The van der Waals surface area contributed by atoms with Crippen LogP contribution in [0.15, 0.2) is 54.6 Å². The maximum absolute atomic E-state index is 6.17. The Labute approximate surface area is 151 Å². The molecule has 0 aromatic heterocycles. The molecule has 0 unspecified atom stereocenters. The predicted octanol–water partition coefficient (Wildman–Crippen LogP) is 5.23. The molecule has 2 rings (SSSR count). The normalized spacial score (nSPS) is 13.4. The summed E-state index contributed by atoms with van der Waals surface area (Å²) in [7, 11) is 1.68. The lowest BCUT2D eigenvalue weighted by molar-refractivity contribution is -0.0206. The van der Waals surface area contributed by atoms with E-state index >= 15 is 0 Å². The summed E-state index contributed by atoms with van der Waals surface area (Å²) in [5.41, 5.74) is 2.38. The van der Waals surface area contributed by atoms with Crippen LogP contribution in [0.4, 0.5) is 0 Å². The smallest absolute Gasteiger partial charge is 0.118 e. The quantitative estimate of drug-likeness (QED) is 0.523. The molecule has 0 spiro atoms. The molecule has 0 aliphatic carbocycles. The summed E-state index contributed by atoms with van der Waals surface area (Å²) in [6.07, 6.45) is 2.25. The summed E-state index contributed by atoms with van der Waals surface area (Å²) in [4.78, 5) is 0. The molecule has 0 N–H and O–H groups in total. The highest BCUT2D eigenvalue weighted by Crippen LogP contribution is 2.18. The van der Waals surface area contributed by atoms with Crippen molar-refractivity contribution in [3.63, 3.8) is 0 Å². The molecule has 25 heavy (non-hydrogen) atoms. The van der Waals surface area contributed by atoms with Gasteiger partial charge in [0.05, 0.1) is 26.4 Å². The molecule has 0 fully saturated rings. The molecule has 0 radical (unpaired) electrons. The molecule has 0 bridgehead atoms. The minimum Gasteiger partial charge on any atom is -0.497 e. The third kappa shape index (κ3) is 6.89. The van der Waals surface area contributed by atoms with Gasteiger partial charge in [-0.15, -0.1) is 0 Å². The number of ether oxygens (including phenoxy) is 3. The lowest BCUT2D eigenvalue weighted by atomic mass is 9.99. The van der Waals surface area contributed by atoms with E-state index in [0.717, 1.165) is 24.2 Å². The zero-order valence-corrected chi connectivity index (χ0v) is 15.6. The van der Waals surface area contributed by atoms with Crippen LogP contribution in [0, 0.1) is 5.92 Å². The van der Waals surface area contributed by atoms with Crippen molar-refractivity contribution in [3.05, 3.63) is 65.7 Å². The van der Waals surface area contributed by atoms with Gasteiger partial charge in [-0.25, -0.2) is 0 Å². The molecule has 0 saturated heterocycles. The molecule has 0 amide bonds. The van der Waals surface area contributed by atoms with Gasteiger partial charge in [0.2, 0.25) is 0 Å². The van der Waals surface area contributed by atoms with Gasteiger partial charge in [-0.05, 0) is 35.6 Å². The summed E-state index contributed by atoms with van der Waals surface area (Å²) in [5.74, 6) is 1.39. The number of benzene rings is 2. The van der Waals surface area contributed by atoms with E-state index in [1.54, 1.807) is 7.11 Å². The van der Waals surface area contributed by atoms with Gasteiger partial charge in [-0.2, -0.15) is 0 Å². The summed E-state index contributed by atoms with van der Waals surface area (Å²) >= 11 is 0. The van der Waals surface area contributed by atoms with Crippen molar-refractivity contribution >= 4 is 0 Å². The van der Waals surface area contributed by atoms with Crippen LogP contribution >= 0.6 is 0 Å². The summed E-state index contributed by atoms with van der Waals surface area (Å²) in [6, 6.07) is 18.3. The molecular weight excluding hydrogens is 312 g/mol. The van der Waals surface area contributed by atoms with Crippen LogP contribution in [0.25, 0.3) is 0 Å². The van der Waals surface area contributed by atoms with Gasteiger partial charge >= 0.3 is 0 Å². The van der Waals surface area contributed by atoms with Crippen molar-refractivity contribution in [2.45, 2.75) is 46.0 Å². The van der Waals surface area contributed by atoms with Crippen molar-refractivity contribution in [1.29, 1.82) is 0 Å². The first-order valence-electron chi connectivity index (χ1n) is 9.09. The molecule has 0 saturated carbocycles. The molecule has 0 heterocycles. The lowest BCUT2D eigenvalue weighted by Gasteiger charge is -2.23. The van der Waals surface area contributed by atoms with Crippen molar-refractivity contribution in [2.75, 3.05) is 13.7 Å². The molecular formula is C22H30O3. The maximum Gasteiger partial charge on any atom is 0.118 e. The molecule has 3 nitrogen and oxygen atoms in total. The van der Waals surface area contributed by atoms with Gasteiger partial charge < -0.3 is 14.2 Å². The fourth-order valence-corrected chi connectivity index (χ4v) is 2.68. The van der Waals surface area contributed by atoms with Gasteiger partial charge in [-0.3, -0.25) is 0 Å². The molecule has 2 atom stereocenters. The Morgan fingerprint density at radius 2 is 1.56 bits per heavy atom. The summed E-state index contributed by atoms with van der Waals surface area (Å²) < 4.78 is 17.2. The second-order valence-corrected chi connectivity index (χ2v) is 6.41. The first-order chi connectivity index (χ1) is 12.2. The Hall–Kier alpha value is -1.84. The van der Waals surface area contributed by atoms with E-state index in [2.05, 4.69) is 38.1 Å². The standard InChI is InChI=1S/C22H30O3/c1-4-18(2)22(25-17-19-8-6-5-7-9-19)14-15-24-16-20-10-12-21(23-3)13-11-20/h5-13,18,22H,4,14-17H2,1-3H3/t18-,22-/m0/s1. The van der Waals surface area contributed by atoms with Crippen molar-refractivity contribution < 1.29 is 14.2 Å². The highest BCUT2D eigenvalue weighted by atomic mass is 16.5. The SMILES string of the molecule is CC[C@H](C)[C@H](CCOCc1ccc(OC)cc1)OCc1ccccc1. The van der Waals surface area contributed by atoms with Crippen LogP contribution in [0.2, 0.25) is 0 Å². The molecule has 136 valence electrons. The minimum absolute atomic E-state index is 0.223. The fourth-order valence-electron chi connectivity index (χ4n) is 2.68. The third-order valence-corrected chi connectivity index (χ3v) is 4.56. The van der Waals surface area contributed by atoms with Gasteiger partial charge in [0.25, 0.3) is 0 Å². The van der Waals surface area contributed by atoms with Gasteiger partial charge in [0.1, 0.15) is 5.75 Å². The number of rotatable bonds is 11. The van der Waals surface area contributed by atoms with Crippen LogP contribution in [-0.4, -0.2) is 19.8 Å². The van der Waals surface area contributed by atoms with E-state index in [0.29, 0.717) is 25.7 Å². The van der Waals surface area contributed by atoms with E-state index in [4.69, 9.17) is 14.2 Å². The predicted molar refractivity (Wildman–Crippen MR) is 102 cm³/mol. The Kier molecular flexibility index (Phi) is 8.50. The van der Waals surface area contributed by atoms with Crippen molar-refractivity contribution in [1.82, 2.24) is 0 Å². The molecule has 2 aromatic rings. The zero-order valence-electron chi connectivity index (χ0n) is 15.6. The lowest BCUT2D eigenvalue weighted by Crippen LogP contribution is -2.23. The highest BCUT2D eigenvalue weighted by Gasteiger charge is 2.16. The molecule has 0 aliphatic heterocycles. The van der Waals surface area contributed by atoms with E-state index in [9.17, 15) is 0 Å². The van der Waals surface area contributed by atoms with Crippen molar-refractivity contribution in [2.24, 2.45) is 5.92 Å². The van der Waals surface area contributed by atoms with E-state index in [1.165, 1.54) is 5.56 Å². The summed E-state index contributed by atoms with van der Waals surface area (Å²) in [6.45, 7) is 6.45. The minimum atomic E-state index is 0.223. The van der Waals surface area contributed by atoms with Gasteiger partial charge in [-0.1, -0.05) is 62.7 Å². The Morgan fingerprint density at radius 3 is 2.20 bits per heavy atom. The highest BCUT2D eigenvalue weighted by molar-refractivity contribution is 5.26. The zero-order chi connectivity index (χ0) is 17.9. The monoisotopic (exact) mass is 342 g/mol. The molecule has 0 aliphatic rings. The largest absolute Gasteiger partial charge is 0.497 e.